The molecule has 3 rings (SSSR count). The van der Waals surface area contributed by atoms with Crippen LogP contribution in [0.3, 0.4) is 0 Å². The average molecular weight is 394 g/mol. The number of carbonyl (C=O) groups excluding carboxylic acids is 1. The van der Waals surface area contributed by atoms with Crippen molar-refractivity contribution in [3.63, 3.8) is 0 Å². The summed E-state index contributed by atoms with van der Waals surface area (Å²) >= 11 is 0. The van der Waals surface area contributed by atoms with Gasteiger partial charge in [-0.2, -0.15) is 5.10 Å². The standard InChI is InChI=1S/C21H22N4O4/c1-3-29-20-14(7-6-10-18(20)28-2)13-22-25-19(26)12-11-17-21(27)24-16-9-5-4-8-15(16)23-17/h4-10,13H,3,11-12H2,1-2H3,(H,24,27)(H,25,26)/b22-13+. The van der Waals surface area contributed by atoms with Crippen molar-refractivity contribution in [3.05, 3.63) is 64.1 Å². The Labute approximate surface area is 167 Å². The zero-order chi connectivity index (χ0) is 20.6. The topological polar surface area (TPSA) is 106 Å². The van der Waals surface area contributed by atoms with E-state index in [2.05, 4.69) is 20.5 Å². The molecule has 0 atom stereocenters. The molecule has 29 heavy (non-hydrogen) atoms. The Morgan fingerprint density at radius 2 is 2.07 bits per heavy atom. The van der Waals surface area contributed by atoms with Gasteiger partial charge in [-0.3, -0.25) is 9.59 Å². The quantitative estimate of drug-likeness (QED) is 0.451. The molecule has 2 aromatic carbocycles. The van der Waals surface area contributed by atoms with Crippen LogP contribution in [-0.4, -0.2) is 35.8 Å². The van der Waals surface area contributed by atoms with Crippen molar-refractivity contribution in [3.8, 4) is 11.5 Å². The molecule has 0 aliphatic carbocycles. The van der Waals surface area contributed by atoms with Crippen LogP contribution < -0.4 is 20.5 Å². The molecular weight excluding hydrogens is 372 g/mol. The van der Waals surface area contributed by atoms with Gasteiger partial charge >= 0.3 is 0 Å². The maximum Gasteiger partial charge on any atom is 0.270 e. The summed E-state index contributed by atoms with van der Waals surface area (Å²) in [6, 6.07) is 12.7. The zero-order valence-electron chi connectivity index (χ0n) is 16.3. The number of methoxy groups -OCH3 is 1. The van der Waals surface area contributed by atoms with Crippen molar-refractivity contribution < 1.29 is 14.3 Å². The fraction of sp³-hybridized carbons (Fsp3) is 0.238. The number of para-hydroxylation sites is 3. The molecule has 0 saturated carbocycles. The molecule has 3 aromatic rings. The molecule has 2 N–H and O–H groups in total. The molecule has 8 heteroatoms. The van der Waals surface area contributed by atoms with Crippen LogP contribution in [0.5, 0.6) is 11.5 Å². The normalized spacial score (nSPS) is 11.0. The Morgan fingerprint density at radius 1 is 1.24 bits per heavy atom. The predicted octanol–water partition coefficient (Wildman–Crippen LogP) is 2.41. The number of hydrogen-bond acceptors (Lipinski definition) is 6. The summed E-state index contributed by atoms with van der Waals surface area (Å²) in [5, 5.41) is 3.98. The van der Waals surface area contributed by atoms with E-state index in [0.717, 1.165) is 0 Å². The summed E-state index contributed by atoms with van der Waals surface area (Å²) in [5.74, 6) is 0.822. The highest BCUT2D eigenvalue weighted by Gasteiger charge is 2.10. The lowest BCUT2D eigenvalue weighted by Crippen LogP contribution is -2.21. The second-order valence-electron chi connectivity index (χ2n) is 6.13. The van der Waals surface area contributed by atoms with E-state index in [1.165, 1.54) is 6.21 Å². The average Bonchev–Trinajstić information content (AvgIpc) is 2.73. The lowest BCUT2D eigenvalue weighted by Gasteiger charge is -2.11. The van der Waals surface area contributed by atoms with Crippen LogP contribution in [-0.2, 0) is 11.2 Å². The van der Waals surface area contributed by atoms with E-state index in [-0.39, 0.29) is 24.3 Å². The minimum absolute atomic E-state index is 0.0855. The number of rotatable bonds is 8. The van der Waals surface area contributed by atoms with Gasteiger partial charge in [-0.15, -0.1) is 0 Å². The summed E-state index contributed by atoms with van der Waals surface area (Å²) < 4.78 is 10.9. The summed E-state index contributed by atoms with van der Waals surface area (Å²) in [5.41, 5.74) is 4.51. The largest absolute Gasteiger partial charge is 0.493 e. The van der Waals surface area contributed by atoms with Gasteiger partial charge in [0.25, 0.3) is 5.56 Å². The van der Waals surface area contributed by atoms with Crippen molar-refractivity contribution in [2.75, 3.05) is 13.7 Å². The highest BCUT2D eigenvalue weighted by atomic mass is 16.5. The van der Waals surface area contributed by atoms with Crippen LogP contribution in [0.15, 0.2) is 52.4 Å². The maximum absolute atomic E-state index is 12.1. The van der Waals surface area contributed by atoms with E-state index < -0.39 is 0 Å². The number of ether oxygens (including phenoxy) is 2. The SMILES string of the molecule is CCOc1c(/C=N/NC(=O)CCc2nc3ccccc3[nH]c2=O)cccc1OC. The number of amides is 1. The number of carbonyl (C=O) groups is 1. The van der Waals surface area contributed by atoms with E-state index in [0.29, 0.717) is 40.4 Å². The number of H-pyrrole nitrogens is 1. The van der Waals surface area contributed by atoms with E-state index in [1.54, 1.807) is 19.2 Å². The van der Waals surface area contributed by atoms with E-state index in [9.17, 15) is 9.59 Å². The first kappa shape index (κ1) is 20.1. The third kappa shape index (κ3) is 4.98. The van der Waals surface area contributed by atoms with Crippen molar-refractivity contribution in [1.82, 2.24) is 15.4 Å². The highest BCUT2D eigenvalue weighted by Crippen LogP contribution is 2.29. The van der Waals surface area contributed by atoms with Crippen LogP contribution in [0, 0.1) is 0 Å². The molecule has 0 spiro atoms. The monoisotopic (exact) mass is 394 g/mol. The van der Waals surface area contributed by atoms with Crippen LogP contribution in [0.25, 0.3) is 11.0 Å². The second kappa shape index (κ2) is 9.50. The molecule has 1 aromatic heterocycles. The summed E-state index contributed by atoms with van der Waals surface area (Å²) in [6.45, 7) is 2.35. The zero-order valence-corrected chi connectivity index (χ0v) is 16.3. The lowest BCUT2D eigenvalue weighted by molar-refractivity contribution is -0.121. The summed E-state index contributed by atoms with van der Waals surface area (Å²) in [4.78, 5) is 31.3. The lowest BCUT2D eigenvalue weighted by atomic mass is 10.2. The van der Waals surface area contributed by atoms with Crippen LogP contribution >= 0.6 is 0 Å². The molecular formula is C21H22N4O4. The summed E-state index contributed by atoms with van der Waals surface area (Å²) in [7, 11) is 1.56. The molecule has 1 heterocycles. The van der Waals surface area contributed by atoms with Crippen molar-refractivity contribution in [2.24, 2.45) is 5.10 Å². The highest BCUT2D eigenvalue weighted by molar-refractivity contribution is 5.86. The fourth-order valence-electron chi connectivity index (χ4n) is 2.79. The molecule has 0 radical (unpaired) electrons. The molecule has 0 saturated heterocycles. The molecule has 8 nitrogen and oxygen atoms in total. The van der Waals surface area contributed by atoms with E-state index in [4.69, 9.17) is 9.47 Å². The van der Waals surface area contributed by atoms with Gasteiger partial charge in [0.1, 0.15) is 5.69 Å². The molecule has 0 unspecified atom stereocenters. The second-order valence-corrected chi connectivity index (χ2v) is 6.13. The Morgan fingerprint density at radius 3 is 2.86 bits per heavy atom. The number of hydrazone groups is 1. The van der Waals surface area contributed by atoms with Gasteiger partial charge in [-0.1, -0.05) is 18.2 Å². The van der Waals surface area contributed by atoms with Gasteiger partial charge in [0.15, 0.2) is 11.5 Å². The van der Waals surface area contributed by atoms with E-state index >= 15 is 0 Å². The van der Waals surface area contributed by atoms with Crippen molar-refractivity contribution in [1.29, 1.82) is 0 Å². The fourth-order valence-corrected chi connectivity index (χ4v) is 2.79. The first-order chi connectivity index (χ1) is 14.1. The number of nitrogens with one attached hydrogen (secondary N) is 2. The minimum Gasteiger partial charge on any atom is -0.493 e. The number of benzene rings is 2. The number of aromatic nitrogens is 2. The van der Waals surface area contributed by atoms with Gasteiger partial charge in [0, 0.05) is 18.4 Å². The molecule has 0 aliphatic rings. The summed E-state index contributed by atoms with van der Waals surface area (Å²) in [6.07, 6.45) is 1.79. The van der Waals surface area contributed by atoms with Gasteiger partial charge < -0.3 is 14.5 Å². The van der Waals surface area contributed by atoms with Crippen LogP contribution in [0.2, 0.25) is 0 Å². The van der Waals surface area contributed by atoms with Crippen LogP contribution in [0.4, 0.5) is 0 Å². The van der Waals surface area contributed by atoms with E-state index in [1.807, 2.05) is 37.3 Å². The first-order valence-corrected chi connectivity index (χ1v) is 9.22. The predicted molar refractivity (Wildman–Crippen MR) is 111 cm³/mol. The number of aryl methyl sites for hydroxylation is 1. The minimum atomic E-state index is -0.323. The number of fused-ring (bicyclic) bond motifs is 1. The molecule has 1 amide bonds. The van der Waals surface area contributed by atoms with Gasteiger partial charge in [-0.25, -0.2) is 10.4 Å². The number of hydrogen-bond donors (Lipinski definition) is 2. The molecule has 150 valence electrons. The smallest absolute Gasteiger partial charge is 0.270 e. The van der Waals surface area contributed by atoms with Gasteiger partial charge in [-0.05, 0) is 31.2 Å². The molecule has 0 aliphatic heterocycles. The number of nitrogens with zero attached hydrogens (tertiary/aromatic N) is 2. The van der Waals surface area contributed by atoms with Crippen molar-refractivity contribution >= 4 is 23.2 Å². The Kier molecular flexibility index (Phi) is 6.57. The third-order valence-corrected chi connectivity index (χ3v) is 4.17. The van der Waals surface area contributed by atoms with Gasteiger partial charge in [0.2, 0.25) is 5.91 Å². The Hall–Kier alpha value is -3.68. The molecule has 0 bridgehead atoms. The first-order valence-electron chi connectivity index (χ1n) is 9.22. The maximum atomic E-state index is 12.1. The van der Waals surface area contributed by atoms with Crippen molar-refractivity contribution in [2.45, 2.75) is 19.8 Å². The van der Waals surface area contributed by atoms with Gasteiger partial charge in [0.05, 0.1) is 31.0 Å². The Bertz CT molecular complexity index is 1090. The molecule has 0 fully saturated rings. The number of aromatic amines is 1. The Balaban J connectivity index is 1.62. The third-order valence-electron chi connectivity index (χ3n) is 4.17. The van der Waals surface area contributed by atoms with Crippen LogP contribution in [0.1, 0.15) is 24.6 Å².